The molecule has 2 aromatic rings. The average molecular weight is 404 g/mol. The molecule has 0 atom stereocenters. The minimum atomic E-state index is -4.38. The summed E-state index contributed by atoms with van der Waals surface area (Å²) in [7, 11) is 0. The standard InChI is InChI=1S/C23H23F3O3/c1-4-6-7-8-18(21-15-20(16(3)29-21)22(27)28-5-2)12-9-17-10-13-19(14-11-17)23(24,25)26/h8,10-11,13-15H,4-7H2,1-3H3/b18-8+. The molecule has 0 unspecified atom stereocenters. The summed E-state index contributed by atoms with van der Waals surface area (Å²) in [5.74, 6) is 6.22. The molecule has 0 saturated carbocycles. The van der Waals surface area contributed by atoms with E-state index in [-0.39, 0.29) is 6.61 Å². The topological polar surface area (TPSA) is 39.4 Å². The van der Waals surface area contributed by atoms with Crippen molar-refractivity contribution in [1.29, 1.82) is 0 Å². The SMILES string of the molecule is CCCC/C=C(\C#Cc1ccc(C(F)(F)F)cc1)c1cc(C(=O)OCC)c(C)o1. The van der Waals surface area contributed by atoms with Crippen LogP contribution in [0.5, 0.6) is 0 Å². The van der Waals surface area contributed by atoms with Gasteiger partial charge < -0.3 is 9.15 Å². The summed E-state index contributed by atoms with van der Waals surface area (Å²) in [6, 6.07) is 6.25. The molecule has 0 radical (unpaired) electrons. The number of allylic oxidation sites excluding steroid dienone is 2. The smallest absolute Gasteiger partial charge is 0.416 e. The van der Waals surface area contributed by atoms with Gasteiger partial charge in [-0.1, -0.05) is 37.7 Å². The van der Waals surface area contributed by atoms with Crippen molar-refractivity contribution >= 4 is 11.5 Å². The first-order valence-corrected chi connectivity index (χ1v) is 9.43. The van der Waals surface area contributed by atoms with E-state index in [9.17, 15) is 18.0 Å². The monoisotopic (exact) mass is 404 g/mol. The molecule has 1 aromatic heterocycles. The number of rotatable bonds is 6. The molecule has 0 saturated heterocycles. The van der Waals surface area contributed by atoms with Gasteiger partial charge in [0.15, 0.2) is 0 Å². The molecule has 29 heavy (non-hydrogen) atoms. The number of carbonyl (C=O) groups excluding carboxylic acids is 1. The van der Waals surface area contributed by atoms with Crippen molar-refractivity contribution in [2.24, 2.45) is 0 Å². The largest absolute Gasteiger partial charge is 0.462 e. The van der Waals surface area contributed by atoms with Crippen molar-refractivity contribution in [3.8, 4) is 11.8 Å². The van der Waals surface area contributed by atoms with E-state index in [1.54, 1.807) is 19.9 Å². The van der Waals surface area contributed by atoms with E-state index in [4.69, 9.17) is 9.15 Å². The van der Waals surface area contributed by atoms with Gasteiger partial charge >= 0.3 is 12.1 Å². The summed E-state index contributed by atoms with van der Waals surface area (Å²) in [5.41, 5.74) is 0.646. The number of benzene rings is 1. The third kappa shape index (κ3) is 6.28. The van der Waals surface area contributed by atoms with Crippen LogP contribution in [-0.2, 0) is 10.9 Å². The van der Waals surface area contributed by atoms with E-state index in [1.165, 1.54) is 12.1 Å². The van der Waals surface area contributed by atoms with Crippen molar-refractivity contribution in [3.05, 3.63) is 64.6 Å². The van der Waals surface area contributed by atoms with Gasteiger partial charge in [-0.05, 0) is 50.6 Å². The normalized spacial score (nSPS) is 11.7. The summed E-state index contributed by atoms with van der Waals surface area (Å²) < 4.78 is 48.8. The molecule has 0 aliphatic carbocycles. The van der Waals surface area contributed by atoms with E-state index in [2.05, 4.69) is 18.8 Å². The van der Waals surface area contributed by atoms with Gasteiger partial charge in [-0.2, -0.15) is 13.2 Å². The highest BCUT2D eigenvalue weighted by molar-refractivity contribution is 5.92. The zero-order chi connectivity index (χ0) is 21.4. The molecule has 3 nitrogen and oxygen atoms in total. The Kier molecular flexibility index (Phi) is 7.72. The van der Waals surface area contributed by atoms with E-state index in [1.807, 2.05) is 6.08 Å². The summed E-state index contributed by atoms with van der Waals surface area (Å²) >= 11 is 0. The van der Waals surface area contributed by atoms with Crippen LogP contribution in [0.1, 0.15) is 66.1 Å². The van der Waals surface area contributed by atoms with Gasteiger partial charge in [0.05, 0.1) is 17.7 Å². The van der Waals surface area contributed by atoms with Crippen LogP contribution in [0.4, 0.5) is 13.2 Å². The molecule has 0 N–H and O–H groups in total. The van der Waals surface area contributed by atoms with Crippen molar-refractivity contribution in [1.82, 2.24) is 0 Å². The third-order valence-corrected chi connectivity index (χ3v) is 4.14. The number of halogens is 3. The van der Waals surface area contributed by atoms with E-state index in [0.717, 1.165) is 31.4 Å². The van der Waals surface area contributed by atoms with Crippen LogP contribution in [0.25, 0.3) is 5.57 Å². The Morgan fingerprint density at radius 1 is 1.21 bits per heavy atom. The van der Waals surface area contributed by atoms with Crippen LogP contribution in [0.2, 0.25) is 0 Å². The van der Waals surface area contributed by atoms with Crippen molar-refractivity contribution in [2.45, 2.75) is 46.2 Å². The Morgan fingerprint density at radius 3 is 2.48 bits per heavy atom. The highest BCUT2D eigenvalue weighted by Gasteiger charge is 2.29. The van der Waals surface area contributed by atoms with E-state index >= 15 is 0 Å². The van der Waals surface area contributed by atoms with Crippen LogP contribution < -0.4 is 0 Å². The number of esters is 1. The number of hydrogen-bond acceptors (Lipinski definition) is 3. The molecule has 0 aliphatic heterocycles. The van der Waals surface area contributed by atoms with E-state index < -0.39 is 17.7 Å². The van der Waals surface area contributed by atoms with Crippen LogP contribution in [0, 0.1) is 18.8 Å². The maximum Gasteiger partial charge on any atom is 0.416 e. The van der Waals surface area contributed by atoms with Crippen molar-refractivity contribution in [3.63, 3.8) is 0 Å². The minimum Gasteiger partial charge on any atom is -0.462 e. The Morgan fingerprint density at radius 2 is 1.90 bits per heavy atom. The molecule has 0 aliphatic rings. The molecular weight excluding hydrogens is 381 g/mol. The second-order valence-corrected chi connectivity index (χ2v) is 6.39. The third-order valence-electron chi connectivity index (χ3n) is 4.14. The van der Waals surface area contributed by atoms with Crippen LogP contribution in [0.3, 0.4) is 0 Å². The molecule has 6 heteroatoms. The first-order chi connectivity index (χ1) is 13.8. The van der Waals surface area contributed by atoms with Gasteiger partial charge in [0.2, 0.25) is 0 Å². The van der Waals surface area contributed by atoms with E-state index in [0.29, 0.717) is 28.2 Å². The highest BCUT2D eigenvalue weighted by atomic mass is 19.4. The molecular formula is C23H23F3O3. The lowest BCUT2D eigenvalue weighted by Gasteiger charge is -2.05. The maximum absolute atomic E-state index is 12.7. The molecule has 2 rings (SSSR count). The summed E-state index contributed by atoms with van der Waals surface area (Å²) in [6.07, 6.45) is 0.249. The van der Waals surface area contributed by atoms with Gasteiger partial charge in [0.25, 0.3) is 0 Å². The molecule has 0 bridgehead atoms. The number of carbonyl (C=O) groups is 1. The zero-order valence-electron chi connectivity index (χ0n) is 16.7. The van der Waals surface area contributed by atoms with Crippen molar-refractivity contribution in [2.75, 3.05) is 6.61 Å². The van der Waals surface area contributed by atoms with Crippen LogP contribution in [-0.4, -0.2) is 12.6 Å². The Labute approximate surface area is 168 Å². The first kappa shape index (κ1) is 22.4. The fourth-order valence-electron chi connectivity index (χ4n) is 2.57. The van der Waals surface area contributed by atoms with Gasteiger partial charge in [-0.15, -0.1) is 0 Å². The highest BCUT2D eigenvalue weighted by Crippen LogP contribution is 2.29. The second-order valence-electron chi connectivity index (χ2n) is 6.39. The number of hydrogen-bond donors (Lipinski definition) is 0. The number of alkyl halides is 3. The minimum absolute atomic E-state index is 0.256. The zero-order valence-corrected chi connectivity index (χ0v) is 16.7. The molecule has 154 valence electrons. The predicted octanol–water partition coefficient (Wildman–Crippen LogP) is 6.41. The number of ether oxygens (including phenoxy) is 1. The Bertz CT molecular complexity index is 923. The second kappa shape index (κ2) is 10.0. The average Bonchev–Trinajstić information content (AvgIpc) is 3.06. The molecule has 0 fully saturated rings. The lowest BCUT2D eigenvalue weighted by molar-refractivity contribution is -0.137. The van der Waals surface area contributed by atoms with Crippen molar-refractivity contribution < 1.29 is 27.1 Å². The fourth-order valence-corrected chi connectivity index (χ4v) is 2.57. The van der Waals surface area contributed by atoms with Gasteiger partial charge in [0, 0.05) is 5.56 Å². The molecule has 0 spiro atoms. The Hall–Kier alpha value is -2.94. The van der Waals surface area contributed by atoms with Crippen LogP contribution in [0.15, 0.2) is 40.8 Å². The predicted molar refractivity (Wildman–Crippen MR) is 105 cm³/mol. The fraction of sp³-hybridized carbons (Fsp3) is 0.348. The van der Waals surface area contributed by atoms with Crippen LogP contribution >= 0.6 is 0 Å². The summed E-state index contributed by atoms with van der Waals surface area (Å²) in [5, 5.41) is 0. The number of aryl methyl sites for hydroxylation is 1. The number of furan rings is 1. The molecule has 1 aromatic carbocycles. The molecule has 1 heterocycles. The maximum atomic E-state index is 12.7. The summed E-state index contributed by atoms with van der Waals surface area (Å²) in [6.45, 7) is 5.71. The number of unbranched alkanes of at least 4 members (excludes halogenated alkanes) is 2. The van der Waals surface area contributed by atoms with Gasteiger partial charge in [-0.25, -0.2) is 4.79 Å². The summed E-state index contributed by atoms with van der Waals surface area (Å²) in [4.78, 5) is 12.0. The first-order valence-electron chi connectivity index (χ1n) is 9.43. The van der Waals surface area contributed by atoms with Gasteiger partial charge in [0.1, 0.15) is 17.1 Å². The Balaban J connectivity index is 2.33. The quantitative estimate of drug-likeness (QED) is 0.317. The molecule has 0 amide bonds. The van der Waals surface area contributed by atoms with Gasteiger partial charge in [-0.3, -0.25) is 0 Å². The lowest BCUT2D eigenvalue weighted by atomic mass is 10.1. The lowest BCUT2D eigenvalue weighted by Crippen LogP contribution is -2.04.